The highest BCUT2D eigenvalue weighted by Crippen LogP contribution is 2.32. The van der Waals surface area contributed by atoms with Crippen molar-refractivity contribution in [3.63, 3.8) is 0 Å². The lowest BCUT2D eigenvalue weighted by molar-refractivity contribution is -0.137. The van der Waals surface area contributed by atoms with E-state index in [0.29, 0.717) is 19.6 Å². The molecular formula is C23H25N3O2S. The molecule has 29 heavy (non-hydrogen) atoms. The highest BCUT2D eigenvalue weighted by Gasteiger charge is 2.30. The van der Waals surface area contributed by atoms with Gasteiger partial charge in [-0.05, 0) is 16.5 Å². The number of cyclic esters (lactones) is 1. The van der Waals surface area contributed by atoms with Crippen LogP contribution in [-0.4, -0.2) is 32.6 Å². The zero-order valence-electron chi connectivity index (χ0n) is 17.0. The van der Waals surface area contributed by atoms with Crippen LogP contribution < -0.4 is 0 Å². The van der Waals surface area contributed by atoms with Crippen LogP contribution in [0.15, 0.2) is 59.8 Å². The van der Waals surface area contributed by atoms with Crippen molar-refractivity contribution in [3.05, 3.63) is 65.7 Å². The third-order valence-corrected chi connectivity index (χ3v) is 6.27. The van der Waals surface area contributed by atoms with Gasteiger partial charge in [-0.1, -0.05) is 87.1 Å². The van der Waals surface area contributed by atoms with Crippen LogP contribution in [0.1, 0.15) is 38.3 Å². The lowest BCUT2D eigenvalue weighted by Gasteiger charge is -2.19. The number of esters is 1. The Morgan fingerprint density at radius 2 is 1.79 bits per heavy atom. The number of ether oxygens (including phenoxy) is 1. The van der Waals surface area contributed by atoms with Gasteiger partial charge in [-0.25, -0.2) is 0 Å². The Morgan fingerprint density at radius 3 is 2.41 bits per heavy atom. The first kappa shape index (κ1) is 19.7. The van der Waals surface area contributed by atoms with E-state index in [0.717, 1.165) is 22.1 Å². The third kappa shape index (κ3) is 4.37. The van der Waals surface area contributed by atoms with Crippen LogP contribution >= 0.6 is 11.8 Å². The van der Waals surface area contributed by atoms with Gasteiger partial charge in [0, 0.05) is 12.0 Å². The lowest BCUT2D eigenvalue weighted by Crippen LogP contribution is -2.12. The molecule has 0 aliphatic carbocycles. The minimum Gasteiger partial charge on any atom is -0.465 e. The predicted molar refractivity (Wildman–Crippen MR) is 115 cm³/mol. The molecule has 0 spiro atoms. The number of carbonyl (C=O) groups is 1. The van der Waals surface area contributed by atoms with Crippen molar-refractivity contribution in [1.29, 1.82) is 0 Å². The van der Waals surface area contributed by atoms with Crippen LogP contribution in [0.3, 0.4) is 0 Å². The highest BCUT2D eigenvalue weighted by molar-refractivity contribution is 8.00. The first-order valence-corrected chi connectivity index (χ1v) is 10.7. The molecule has 1 aliphatic heterocycles. The lowest BCUT2D eigenvalue weighted by atomic mass is 9.87. The molecule has 6 heteroatoms. The summed E-state index contributed by atoms with van der Waals surface area (Å²) in [5, 5.41) is 9.43. The van der Waals surface area contributed by atoms with Gasteiger partial charge in [0.05, 0.1) is 13.2 Å². The minimum atomic E-state index is -0.218. The summed E-state index contributed by atoms with van der Waals surface area (Å²) in [6.07, 6.45) is 0.706. The Balaban J connectivity index is 1.70. The first-order chi connectivity index (χ1) is 13.9. The Kier molecular flexibility index (Phi) is 5.46. The molecule has 1 fully saturated rings. The summed E-state index contributed by atoms with van der Waals surface area (Å²) in [5.41, 5.74) is 3.55. The van der Waals surface area contributed by atoms with Gasteiger partial charge in [0.25, 0.3) is 0 Å². The summed E-state index contributed by atoms with van der Waals surface area (Å²) in [5.74, 6) is 0.642. The summed E-state index contributed by atoms with van der Waals surface area (Å²) in [6, 6.07) is 18.7. The average Bonchev–Trinajstić information content (AvgIpc) is 3.29. The smallest absolute Gasteiger partial charge is 0.319 e. The molecule has 2 heterocycles. The van der Waals surface area contributed by atoms with E-state index in [1.807, 2.05) is 18.2 Å². The molecule has 0 bridgehead atoms. The summed E-state index contributed by atoms with van der Waals surface area (Å²) in [6.45, 7) is 7.73. The molecule has 0 saturated carbocycles. The van der Waals surface area contributed by atoms with E-state index in [4.69, 9.17) is 4.74 Å². The van der Waals surface area contributed by atoms with Crippen molar-refractivity contribution in [2.24, 2.45) is 0 Å². The van der Waals surface area contributed by atoms with Gasteiger partial charge in [0.15, 0.2) is 11.0 Å². The second kappa shape index (κ2) is 8.03. The number of nitrogens with zero attached hydrogens (tertiary/aromatic N) is 3. The summed E-state index contributed by atoms with van der Waals surface area (Å²) < 4.78 is 7.21. The molecule has 150 valence electrons. The molecule has 0 N–H and O–H groups in total. The number of rotatable bonds is 5. The number of benzene rings is 2. The fourth-order valence-corrected chi connectivity index (χ4v) is 4.33. The van der Waals surface area contributed by atoms with Crippen LogP contribution in [0.4, 0.5) is 0 Å². The van der Waals surface area contributed by atoms with E-state index in [1.54, 1.807) is 0 Å². The average molecular weight is 408 g/mol. The van der Waals surface area contributed by atoms with E-state index in [1.165, 1.54) is 17.3 Å². The molecule has 1 aliphatic rings. The molecule has 1 atom stereocenters. The molecule has 0 radical (unpaired) electrons. The van der Waals surface area contributed by atoms with Gasteiger partial charge in [-0.15, -0.1) is 10.2 Å². The maximum Gasteiger partial charge on any atom is 0.319 e. The van der Waals surface area contributed by atoms with Crippen molar-refractivity contribution in [2.75, 3.05) is 6.61 Å². The van der Waals surface area contributed by atoms with Crippen LogP contribution in [0, 0.1) is 0 Å². The fraction of sp³-hybridized carbons (Fsp3) is 0.348. The molecule has 5 nitrogen and oxygen atoms in total. The van der Waals surface area contributed by atoms with E-state index in [2.05, 4.69) is 71.9 Å². The molecule has 0 amide bonds. The summed E-state index contributed by atoms with van der Waals surface area (Å²) in [7, 11) is 0. The van der Waals surface area contributed by atoms with E-state index >= 15 is 0 Å². The molecule has 3 aromatic rings. The third-order valence-electron chi connectivity index (χ3n) is 5.04. The Hall–Kier alpha value is -2.60. The van der Waals surface area contributed by atoms with Gasteiger partial charge in [0.2, 0.25) is 0 Å². The van der Waals surface area contributed by atoms with Gasteiger partial charge >= 0.3 is 5.97 Å². The zero-order chi connectivity index (χ0) is 20.4. The number of hydrogen-bond donors (Lipinski definition) is 0. The monoisotopic (exact) mass is 407 g/mol. The Morgan fingerprint density at radius 1 is 1.07 bits per heavy atom. The van der Waals surface area contributed by atoms with Crippen molar-refractivity contribution in [2.45, 2.75) is 49.6 Å². The second-order valence-corrected chi connectivity index (χ2v) is 9.44. The number of carbonyl (C=O) groups excluding carboxylic acids is 1. The quantitative estimate of drug-likeness (QED) is 0.574. The Bertz CT molecular complexity index is 991. The number of hydrogen-bond acceptors (Lipinski definition) is 5. The summed E-state index contributed by atoms with van der Waals surface area (Å²) >= 11 is 1.44. The molecule has 1 aromatic heterocycles. The van der Waals surface area contributed by atoms with Gasteiger partial charge in [0.1, 0.15) is 5.25 Å². The standard InChI is InChI=1S/C23H25N3O2S/c1-23(2,3)18-11-9-17(10-12-18)20-24-25-22(29-19-13-14-28-21(19)27)26(20)15-16-7-5-4-6-8-16/h4-12,19H,13-15H2,1-3H3/t19-/m0/s1. The van der Waals surface area contributed by atoms with E-state index in [9.17, 15) is 4.79 Å². The Labute approximate surface area is 175 Å². The maximum absolute atomic E-state index is 12.0. The van der Waals surface area contributed by atoms with E-state index in [-0.39, 0.29) is 16.6 Å². The molecule has 1 saturated heterocycles. The van der Waals surface area contributed by atoms with Crippen LogP contribution in [0.25, 0.3) is 11.4 Å². The molecule has 0 unspecified atom stereocenters. The van der Waals surface area contributed by atoms with Gasteiger partial charge < -0.3 is 4.74 Å². The first-order valence-electron chi connectivity index (χ1n) is 9.83. The molecule has 2 aromatic carbocycles. The van der Waals surface area contributed by atoms with Crippen LogP contribution in [-0.2, 0) is 21.5 Å². The normalized spacial score (nSPS) is 16.8. The van der Waals surface area contributed by atoms with Crippen molar-refractivity contribution in [3.8, 4) is 11.4 Å². The molecular weight excluding hydrogens is 382 g/mol. The zero-order valence-corrected chi connectivity index (χ0v) is 17.8. The predicted octanol–water partition coefficient (Wildman–Crippen LogP) is 4.70. The fourth-order valence-electron chi connectivity index (χ4n) is 3.33. The minimum absolute atomic E-state index is 0.0973. The topological polar surface area (TPSA) is 57.0 Å². The SMILES string of the molecule is CC(C)(C)c1ccc(-c2nnc(S[C@H]3CCOC3=O)n2Cc2ccccc2)cc1. The van der Waals surface area contributed by atoms with Crippen LogP contribution in [0.5, 0.6) is 0 Å². The molecule has 4 rings (SSSR count). The summed E-state index contributed by atoms with van der Waals surface area (Å²) in [4.78, 5) is 12.0. The number of aromatic nitrogens is 3. The van der Waals surface area contributed by atoms with Crippen molar-refractivity contribution >= 4 is 17.7 Å². The second-order valence-electron chi connectivity index (χ2n) is 8.27. The number of thioether (sulfide) groups is 1. The van der Waals surface area contributed by atoms with Crippen molar-refractivity contribution < 1.29 is 9.53 Å². The largest absolute Gasteiger partial charge is 0.465 e. The van der Waals surface area contributed by atoms with E-state index < -0.39 is 0 Å². The maximum atomic E-state index is 12.0. The highest BCUT2D eigenvalue weighted by atomic mass is 32.2. The van der Waals surface area contributed by atoms with Crippen molar-refractivity contribution in [1.82, 2.24) is 14.8 Å². The van der Waals surface area contributed by atoms with Gasteiger partial charge in [-0.2, -0.15) is 0 Å². The van der Waals surface area contributed by atoms with Crippen LogP contribution in [0.2, 0.25) is 0 Å². The van der Waals surface area contributed by atoms with Gasteiger partial charge in [-0.3, -0.25) is 9.36 Å².